The van der Waals surface area contributed by atoms with Crippen LogP contribution >= 0.6 is 0 Å². The summed E-state index contributed by atoms with van der Waals surface area (Å²) in [5.41, 5.74) is 1.22. The molecule has 3 nitrogen and oxygen atoms in total. The topological polar surface area (TPSA) is 37.8 Å². The largest absolute Gasteiger partial charge is 0.310 e. The lowest BCUT2D eigenvalue weighted by molar-refractivity contribution is 0.335. The van der Waals surface area contributed by atoms with Crippen LogP contribution in [0.1, 0.15) is 62.8 Å². The summed E-state index contributed by atoms with van der Waals surface area (Å²) in [5.74, 6) is 2.50. The van der Waals surface area contributed by atoms with Gasteiger partial charge in [0.15, 0.2) is 0 Å². The molecule has 1 heterocycles. The van der Waals surface area contributed by atoms with E-state index < -0.39 is 0 Å². The van der Waals surface area contributed by atoms with Crippen molar-refractivity contribution >= 4 is 0 Å². The Bertz CT molecular complexity index is 383. The first-order valence-corrected chi connectivity index (χ1v) is 7.35. The molecule has 2 aliphatic rings. The number of hydrogen-bond donors (Lipinski definition) is 1. The number of rotatable bonds is 4. The predicted octanol–water partition coefficient (Wildman–Crippen LogP) is 3.02. The minimum atomic E-state index is 0.596. The van der Waals surface area contributed by atoms with Crippen LogP contribution in [-0.2, 0) is 6.54 Å². The fraction of sp³-hybridized carbons (Fsp3) is 0.733. The Kier molecular flexibility index (Phi) is 3.59. The van der Waals surface area contributed by atoms with Gasteiger partial charge < -0.3 is 5.32 Å². The maximum Gasteiger partial charge on any atom is 0.131 e. The van der Waals surface area contributed by atoms with Crippen molar-refractivity contribution in [2.45, 2.75) is 64.0 Å². The van der Waals surface area contributed by atoms with Crippen LogP contribution in [0, 0.1) is 5.92 Å². The van der Waals surface area contributed by atoms with Gasteiger partial charge in [0.2, 0.25) is 0 Å². The number of nitrogens with one attached hydrogen (secondary N) is 1. The summed E-state index contributed by atoms with van der Waals surface area (Å²) in [6, 6.07) is 0.754. The molecule has 18 heavy (non-hydrogen) atoms. The SMILES string of the molecule is CC1CCCC(c2ncc(CNC3CC3)cn2)C1. The highest BCUT2D eigenvalue weighted by Gasteiger charge is 2.23. The van der Waals surface area contributed by atoms with E-state index in [9.17, 15) is 0 Å². The minimum Gasteiger partial charge on any atom is -0.310 e. The number of nitrogens with zero attached hydrogens (tertiary/aromatic N) is 2. The number of hydrogen-bond acceptors (Lipinski definition) is 3. The van der Waals surface area contributed by atoms with Crippen LogP contribution in [0.5, 0.6) is 0 Å². The third kappa shape index (κ3) is 3.08. The zero-order valence-electron chi connectivity index (χ0n) is 11.2. The Morgan fingerprint density at radius 1 is 1.17 bits per heavy atom. The van der Waals surface area contributed by atoms with Gasteiger partial charge in [-0.05, 0) is 31.6 Å². The van der Waals surface area contributed by atoms with E-state index in [0.717, 1.165) is 24.3 Å². The second kappa shape index (κ2) is 5.35. The molecular weight excluding hydrogens is 222 g/mol. The first-order chi connectivity index (χ1) is 8.81. The van der Waals surface area contributed by atoms with Gasteiger partial charge in [-0.25, -0.2) is 9.97 Å². The molecule has 0 spiro atoms. The summed E-state index contributed by atoms with van der Waals surface area (Å²) in [4.78, 5) is 9.17. The van der Waals surface area contributed by atoms with Crippen LogP contribution in [0.3, 0.4) is 0 Å². The normalized spacial score (nSPS) is 28.3. The Morgan fingerprint density at radius 2 is 1.94 bits per heavy atom. The molecule has 2 atom stereocenters. The Balaban J connectivity index is 1.58. The van der Waals surface area contributed by atoms with Crippen LogP contribution in [0.2, 0.25) is 0 Å². The maximum atomic E-state index is 4.58. The van der Waals surface area contributed by atoms with Gasteiger partial charge in [-0.3, -0.25) is 0 Å². The Morgan fingerprint density at radius 3 is 2.61 bits per heavy atom. The van der Waals surface area contributed by atoms with Crippen LogP contribution in [0.15, 0.2) is 12.4 Å². The standard InChI is InChI=1S/C15H23N3/c1-11-3-2-4-13(7-11)15-17-9-12(10-18-15)8-16-14-5-6-14/h9-11,13-14,16H,2-8H2,1H3. The summed E-state index contributed by atoms with van der Waals surface area (Å²) >= 11 is 0. The van der Waals surface area contributed by atoms with E-state index in [1.165, 1.54) is 44.1 Å². The highest BCUT2D eigenvalue weighted by atomic mass is 15.0. The van der Waals surface area contributed by atoms with Gasteiger partial charge in [0, 0.05) is 36.5 Å². The first-order valence-electron chi connectivity index (χ1n) is 7.35. The average Bonchev–Trinajstić information content (AvgIpc) is 3.21. The van der Waals surface area contributed by atoms with E-state index in [2.05, 4.69) is 22.2 Å². The smallest absolute Gasteiger partial charge is 0.131 e. The zero-order chi connectivity index (χ0) is 12.4. The van der Waals surface area contributed by atoms with Crippen molar-refractivity contribution in [3.8, 4) is 0 Å². The van der Waals surface area contributed by atoms with Gasteiger partial charge in [-0.2, -0.15) is 0 Å². The molecule has 1 N–H and O–H groups in total. The van der Waals surface area contributed by atoms with Crippen molar-refractivity contribution in [2.24, 2.45) is 5.92 Å². The van der Waals surface area contributed by atoms with E-state index >= 15 is 0 Å². The van der Waals surface area contributed by atoms with Crippen LogP contribution in [0.4, 0.5) is 0 Å². The highest BCUT2D eigenvalue weighted by Crippen LogP contribution is 2.34. The van der Waals surface area contributed by atoms with Crippen molar-refractivity contribution in [2.75, 3.05) is 0 Å². The molecule has 3 heteroatoms. The summed E-state index contributed by atoms with van der Waals surface area (Å²) in [6.45, 7) is 3.27. The fourth-order valence-corrected chi connectivity index (χ4v) is 2.89. The van der Waals surface area contributed by atoms with Crippen molar-refractivity contribution in [3.05, 3.63) is 23.8 Å². The van der Waals surface area contributed by atoms with E-state index in [4.69, 9.17) is 0 Å². The molecule has 0 bridgehead atoms. The monoisotopic (exact) mass is 245 g/mol. The fourth-order valence-electron chi connectivity index (χ4n) is 2.89. The molecule has 98 valence electrons. The lowest BCUT2D eigenvalue weighted by atomic mass is 9.82. The van der Waals surface area contributed by atoms with Crippen LogP contribution < -0.4 is 5.32 Å². The lowest BCUT2D eigenvalue weighted by Gasteiger charge is -2.25. The van der Waals surface area contributed by atoms with E-state index in [-0.39, 0.29) is 0 Å². The number of aromatic nitrogens is 2. The third-order valence-corrected chi connectivity index (χ3v) is 4.20. The molecule has 1 aromatic rings. The summed E-state index contributed by atoms with van der Waals surface area (Å²) < 4.78 is 0. The molecular formula is C15H23N3. The summed E-state index contributed by atoms with van der Waals surface area (Å²) in [6.07, 6.45) is 11.9. The zero-order valence-corrected chi connectivity index (χ0v) is 11.2. The molecule has 0 radical (unpaired) electrons. The highest BCUT2D eigenvalue weighted by molar-refractivity contribution is 5.08. The van der Waals surface area contributed by atoms with Crippen molar-refractivity contribution in [1.82, 2.24) is 15.3 Å². The first kappa shape index (κ1) is 12.1. The Hall–Kier alpha value is -0.960. The van der Waals surface area contributed by atoms with E-state index in [1.807, 2.05) is 12.4 Å². The molecule has 1 aromatic heterocycles. The molecule has 0 amide bonds. The van der Waals surface area contributed by atoms with E-state index in [1.54, 1.807) is 0 Å². The van der Waals surface area contributed by atoms with Gasteiger partial charge >= 0.3 is 0 Å². The van der Waals surface area contributed by atoms with Crippen LogP contribution in [-0.4, -0.2) is 16.0 Å². The minimum absolute atomic E-state index is 0.596. The third-order valence-electron chi connectivity index (χ3n) is 4.20. The van der Waals surface area contributed by atoms with Crippen molar-refractivity contribution < 1.29 is 0 Å². The van der Waals surface area contributed by atoms with E-state index in [0.29, 0.717) is 5.92 Å². The lowest BCUT2D eigenvalue weighted by Crippen LogP contribution is -2.17. The Labute approximate surface area is 109 Å². The van der Waals surface area contributed by atoms with Gasteiger partial charge in [-0.15, -0.1) is 0 Å². The summed E-state index contributed by atoms with van der Waals surface area (Å²) in [5, 5.41) is 3.50. The average molecular weight is 245 g/mol. The van der Waals surface area contributed by atoms with Crippen molar-refractivity contribution in [1.29, 1.82) is 0 Å². The molecule has 0 aromatic carbocycles. The predicted molar refractivity (Wildman–Crippen MR) is 72.3 cm³/mol. The second-order valence-corrected chi connectivity index (χ2v) is 6.07. The quantitative estimate of drug-likeness (QED) is 0.886. The van der Waals surface area contributed by atoms with Crippen molar-refractivity contribution in [3.63, 3.8) is 0 Å². The molecule has 2 aliphatic carbocycles. The molecule has 2 saturated carbocycles. The van der Waals surface area contributed by atoms with Gasteiger partial charge in [0.05, 0.1) is 0 Å². The maximum absolute atomic E-state index is 4.58. The molecule has 2 unspecified atom stereocenters. The van der Waals surface area contributed by atoms with Gasteiger partial charge in [0.25, 0.3) is 0 Å². The molecule has 0 aliphatic heterocycles. The van der Waals surface area contributed by atoms with Gasteiger partial charge in [-0.1, -0.05) is 19.8 Å². The molecule has 3 rings (SSSR count). The molecule has 0 saturated heterocycles. The second-order valence-electron chi connectivity index (χ2n) is 6.07. The molecule has 2 fully saturated rings. The van der Waals surface area contributed by atoms with Gasteiger partial charge in [0.1, 0.15) is 5.82 Å². The van der Waals surface area contributed by atoms with Crippen LogP contribution in [0.25, 0.3) is 0 Å². The summed E-state index contributed by atoms with van der Waals surface area (Å²) in [7, 11) is 0.